The fraction of sp³-hybridized carbons (Fsp3) is 0.619. The van der Waals surface area contributed by atoms with Gasteiger partial charge in [0.15, 0.2) is 0 Å². The van der Waals surface area contributed by atoms with Crippen molar-refractivity contribution in [3.63, 3.8) is 0 Å². The molecule has 2 aliphatic rings. The van der Waals surface area contributed by atoms with Crippen LogP contribution in [-0.2, 0) is 4.79 Å². The Labute approximate surface area is 156 Å². The number of nitrogens with zero attached hydrogens (tertiary/aromatic N) is 3. The van der Waals surface area contributed by atoms with Gasteiger partial charge in [-0.2, -0.15) is 0 Å². The van der Waals surface area contributed by atoms with E-state index in [2.05, 4.69) is 11.8 Å². The van der Waals surface area contributed by atoms with Gasteiger partial charge in [-0.3, -0.25) is 9.59 Å². The molecule has 0 radical (unpaired) electrons. The Kier molecular flexibility index (Phi) is 6.17. The number of amides is 2. The van der Waals surface area contributed by atoms with Gasteiger partial charge in [0.05, 0.1) is 0 Å². The third-order valence-electron chi connectivity index (χ3n) is 5.83. The number of carbonyl (C=O) groups is 2. The SMILES string of the molecule is CCN(C)c1ccc(C(=O)N2CCC(C(=O)N3CCCCC3)CC2)cc1. The predicted molar refractivity (Wildman–Crippen MR) is 104 cm³/mol. The summed E-state index contributed by atoms with van der Waals surface area (Å²) in [7, 11) is 2.04. The number of rotatable bonds is 4. The second kappa shape index (κ2) is 8.56. The van der Waals surface area contributed by atoms with Crippen LogP contribution in [0, 0.1) is 5.92 Å². The van der Waals surface area contributed by atoms with Crippen molar-refractivity contribution in [2.24, 2.45) is 5.92 Å². The highest BCUT2D eigenvalue weighted by molar-refractivity contribution is 5.94. The van der Waals surface area contributed by atoms with E-state index >= 15 is 0 Å². The molecule has 0 spiro atoms. The topological polar surface area (TPSA) is 43.9 Å². The summed E-state index contributed by atoms with van der Waals surface area (Å²) in [6, 6.07) is 7.83. The molecule has 5 heteroatoms. The molecule has 2 heterocycles. The van der Waals surface area contributed by atoms with E-state index in [1.807, 2.05) is 41.1 Å². The molecule has 0 bridgehead atoms. The Morgan fingerprint density at radius 1 is 0.962 bits per heavy atom. The van der Waals surface area contributed by atoms with Crippen LogP contribution in [0.2, 0.25) is 0 Å². The summed E-state index contributed by atoms with van der Waals surface area (Å²) < 4.78 is 0. The van der Waals surface area contributed by atoms with Gasteiger partial charge in [0, 0.05) is 56.9 Å². The number of hydrogen-bond acceptors (Lipinski definition) is 3. The molecule has 0 unspecified atom stereocenters. The van der Waals surface area contributed by atoms with E-state index in [-0.39, 0.29) is 11.8 Å². The maximum absolute atomic E-state index is 12.7. The third-order valence-corrected chi connectivity index (χ3v) is 5.83. The average molecular weight is 357 g/mol. The largest absolute Gasteiger partial charge is 0.375 e. The molecule has 0 atom stereocenters. The van der Waals surface area contributed by atoms with Crippen LogP contribution in [0.25, 0.3) is 0 Å². The molecule has 2 amide bonds. The maximum Gasteiger partial charge on any atom is 0.253 e. The van der Waals surface area contributed by atoms with Gasteiger partial charge in [-0.1, -0.05) is 0 Å². The Morgan fingerprint density at radius 3 is 2.15 bits per heavy atom. The monoisotopic (exact) mass is 357 g/mol. The van der Waals surface area contributed by atoms with E-state index in [1.165, 1.54) is 6.42 Å². The van der Waals surface area contributed by atoms with Crippen molar-refractivity contribution in [3.8, 4) is 0 Å². The molecule has 1 aromatic rings. The molecule has 1 aromatic carbocycles. The Morgan fingerprint density at radius 2 is 1.58 bits per heavy atom. The fourth-order valence-corrected chi connectivity index (χ4v) is 3.93. The first kappa shape index (κ1) is 18.7. The molecule has 0 aromatic heterocycles. The molecule has 142 valence electrons. The molecular formula is C21H31N3O2. The average Bonchev–Trinajstić information content (AvgIpc) is 2.73. The van der Waals surface area contributed by atoms with Crippen molar-refractivity contribution in [2.75, 3.05) is 44.7 Å². The summed E-state index contributed by atoms with van der Waals surface area (Å²) in [5.41, 5.74) is 1.86. The van der Waals surface area contributed by atoms with Gasteiger partial charge in [-0.25, -0.2) is 0 Å². The first-order valence-corrected chi connectivity index (χ1v) is 9.99. The van der Waals surface area contributed by atoms with Crippen LogP contribution in [0.4, 0.5) is 5.69 Å². The molecule has 0 aliphatic carbocycles. The maximum atomic E-state index is 12.7. The Balaban J connectivity index is 1.54. The number of hydrogen-bond donors (Lipinski definition) is 0. The highest BCUT2D eigenvalue weighted by Gasteiger charge is 2.30. The second-order valence-corrected chi connectivity index (χ2v) is 7.51. The predicted octanol–water partition coefficient (Wildman–Crippen LogP) is 3.01. The molecule has 3 rings (SSSR count). The lowest BCUT2D eigenvalue weighted by Gasteiger charge is -2.35. The Bertz CT molecular complexity index is 615. The highest BCUT2D eigenvalue weighted by Crippen LogP contribution is 2.23. The Hall–Kier alpha value is -2.04. The van der Waals surface area contributed by atoms with Gasteiger partial charge >= 0.3 is 0 Å². The van der Waals surface area contributed by atoms with Gasteiger partial charge < -0.3 is 14.7 Å². The molecule has 26 heavy (non-hydrogen) atoms. The first-order chi connectivity index (χ1) is 12.6. The summed E-state index contributed by atoms with van der Waals surface area (Å²) in [5, 5.41) is 0. The molecule has 2 saturated heterocycles. The van der Waals surface area contributed by atoms with Gasteiger partial charge in [0.2, 0.25) is 5.91 Å². The fourth-order valence-electron chi connectivity index (χ4n) is 3.93. The molecule has 0 N–H and O–H groups in total. The summed E-state index contributed by atoms with van der Waals surface area (Å²) in [6.07, 6.45) is 5.08. The minimum atomic E-state index is 0.0829. The third kappa shape index (κ3) is 4.19. The van der Waals surface area contributed by atoms with Crippen molar-refractivity contribution in [3.05, 3.63) is 29.8 Å². The van der Waals surface area contributed by atoms with Crippen molar-refractivity contribution in [2.45, 2.75) is 39.0 Å². The van der Waals surface area contributed by atoms with Crippen LogP contribution in [0.1, 0.15) is 49.4 Å². The zero-order valence-corrected chi connectivity index (χ0v) is 16.1. The molecule has 2 fully saturated rings. The van der Waals surface area contributed by atoms with E-state index in [0.717, 1.165) is 56.6 Å². The van der Waals surface area contributed by atoms with Crippen LogP contribution < -0.4 is 4.90 Å². The molecular weight excluding hydrogens is 326 g/mol. The van der Waals surface area contributed by atoms with Gasteiger partial charge in [-0.05, 0) is 63.3 Å². The zero-order chi connectivity index (χ0) is 18.5. The lowest BCUT2D eigenvalue weighted by atomic mass is 9.94. The van der Waals surface area contributed by atoms with Crippen molar-refractivity contribution in [1.29, 1.82) is 0 Å². The number of carbonyl (C=O) groups excluding carboxylic acids is 2. The zero-order valence-electron chi connectivity index (χ0n) is 16.1. The van der Waals surface area contributed by atoms with Gasteiger partial charge in [0.25, 0.3) is 5.91 Å². The van der Waals surface area contributed by atoms with E-state index in [0.29, 0.717) is 19.0 Å². The second-order valence-electron chi connectivity index (χ2n) is 7.51. The van der Waals surface area contributed by atoms with Crippen LogP contribution in [0.5, 0.6) is 0 Å². The first-order valence-electron chi connectivity index (χ1n) is 9.99. The summed E-state index contributed by atoms with van der Waals surface area (Å²) >= 11 is 0. The molecule has 2 aliphatic heterocycles. The minimum Gasteiger partial charge on any atom is -0.375 e. The van der Waals surface area contributed by atoms with Gasteiger partial charge in [0.1, 0.15) is 0 Å². The minimum absolute atomic E-state index is 0.0829. The number of anilines is 1. The molecule has 0 saturated carbocycles. The van der Waals surface area contributed by atoms with Crippen molar-refractivity contribution < 1.29 is 9.59 Å². The number of benzene rings is 1. The van der Waals surface area contributed by atoms with Crippen LogP contribution in [-0.4, -0.2) is 61.4 Å². The lowest BCUT2D eigenvalue weighted by Crippen LogP contribution is -2.45. The van der Waals surface area contributed by atoms with Gasteiger partial charge in [-0.15, -0.1) is 0 Å². The van der Waals surface area contributed by atoms with E-state index in [1.54, 1.807) is 0 Å². The van der Waals surface area contributed by atoms with Crippen LogP contribution >= 0.6 is 0 Å². The number of likely N-dealkylation sites (tertiary alicyclic amines) is 2. The standard InChI is InChI=1S/C21H31N3O2/c1-3-22(2)19-9-7-17(8-10-19)20(25)24-15-11-18(12-16-24)21(26)23-13-5-4-6-14-23/h7-10,18H,3-6,11-16H2,1-2H3. The lowest BCUT2D eigenvalue weighted by molar-refractivity contribution is -0.137. The smallest absolute Gasteiger partial charge is 0.253 e. The normalized spacial score (nSPS) is 18.7. The van der Waals surface area contributed by atoms with E-state index in [4.69, 9.17) is 0 Å². The summed E-state index contributed by atoms with van der Waals surface area (Å²) in [6.45, 7) is 6.23. The van der Waals surface area contributed by atoms with E-state index < -0.39 is 0 Å². The quantitative estimate of drug-likeness (QED) is 0.832. The molecule has 5 nitrogen and oxygen atoms in total. The van der Waals surface area contributed by atoms with Crippen molar-refractivity contribution in [1.82, 2.24) is 9.80 Å². The van der Waals surface area contributed by atoms with Crippen LogP contribution in [0.3, 0.4) is 0 Å². The number of piperidine rings is 2. The van der Waals surface area contributed by atoms with Crippen molar-refractivity contribution >= 4 is 17.5 Å². The highest BCUT2D eigenvalue weighted by atomic mass is 16.2. The van der Waals surface area contributed by atoms with Crippen LogP contribution in [0.15, 0.2) is 24.3 Å². The summed E-state index contributed by atoms with van der Waals surface area (Å²) in [5.74, 6) is 0.487. The summed E-state index contributed by atoms with van der Waals surface area (Å²) in [4.78, 5) is 31.5. The van der Waals surface area contributed by atoms with E-state index in [9.17, 15) is 9.59 Å².